The molecule has 6 heteroatoms. The van der Waals surface area contributed by atoms with Crippen LogP contribution in [0.3, 0.4) is 0 Å². The summed E-state index contributed by atoms with van der Waals surface area (Å²) in [6.45, 7) is 1.53. The summed E-state index contributed by atoms with van der Waals surface area (Å²) in [7, 11) is 0. The minimum atomic E-state index is -0.623. The van der Waals surface area contributed by atoms with Gasteiger partial charge in [0.15, 0.2) is 0 Å². The molecular formula is C17H23N3O3. The van der Waals surface area contributed by atoms with Crippen LogP contribution in [0.4, 0.5) is 0 Å². The lowest BCUT2D eigenvalue weighted by molar-refractivity contribution is -0.0332. The molecule has 0 saturated heterocycles. The van der Waals surface area contributed by atoms with E-state index in [1.807, 2.05) is 10.7 Å². The lowest BCUT2D eigenvalue weighted by Crippen LogP contribution is -2.41. The van der Waals surface area contributed by atoms with Gasteiger partial charge in [0.1, 0.15) is 5.69 Å². The molecule has 124 valence electrons. The maximum atomic E-state index is 12.3. The molecular weight excluding hydrogens is 294 g/mol. The molecule has 3 fully saturated rings. The zero-order valence-corrected chi connectivity index (χ0v) is 13.1. The lowest BCUT2D eigenvalue weighted by atomic mass is 9.85. The van der Waals surface area contributed by atoms with Crippen LogP contribution >= 0.6 is 0 Å². The molecule has 6 nitrogen and oxygen atoms in total. The molecule has 1 aromatic heterocycles. The van der Waals surface area contributed by atoms with Crippen molar-refractivity contribution < 1.29 is 15.0 Å². The van der Waals surface area contributed by atoms with Gasteiger partial charge in [-0.15, -0.1) is 0 Å². The number of aliphatic hydroxyl groups excluding tert-OH is 2. The Labute approximate surface area is 134 Å². The van der Waals surface area contributed by atoms with Gasteiger partial charge in [0.25, 0.3) is 5.91 Å². The van der Waals surface area contributed by atoms with E-state index in [9.17, 15) is 15.0 Å². The van der Waals surface area contributed by atoms with Crippen molar-refractivity contribution in [3.63, 3.8) is 0 Å². The summed E-state index contributed by atoms with van der Waals surface area (Å²) in [4.78, 5) is 12.3. The normalized spacial score (nSPS) is 39.0. The first-order valence-corrected chi connectivity index (χ1v) is 8.76. The summed E-state index contributed by atoms with van der Waals surface area (Å²) in [5.41, 5.74) is 2.17. The van der Waals surface area contributed by atoms with Crippen molar-refractivity contribution in [2.24, 2.45) is 23.2 Å². The van der Waals surface area contributed by atoms with Crippen molar-refractivity contribution >= 4 is 5.91 Å². The summed E-state index contributed by atoms with van der Waals surface area (Å²) in [6.07, 6.45) is 4.21. The largest absolute Gasteiger partial charge is 0.390 e. The quantitative estimate of drug-likeness (QED) is 0.749. The van der Waals surface area contributed by atoms with Gasteiger partial charge in [-0.3, -0.25) is 9.48 Å². The zero-order valence-electron chi connectivity index (χ0n) is 13.1. The lowest BCUT2D eigenvalue weighted by Gasteiger charge is -2.29. The molecule has 4 aliphatic rings. The molecule has 0 radical (unpaired) electrons. The Morgan fingerprint density at radius 3 is 2.83 bits per heavy atom. The molecule has 0 unspecified atom stereocenters. The first-order chi connectivity index (χ1) is 11.0. The molecule has 5 rings (SSSR count). The number of carbonyl (C=O) groups is 1. The molecule has 3 N–H and O–H groups in total. The van der Waals surface area contributed by atoms with Gasteiger partial charge >= 0.3 is 0 Å². The number of amides is 1. The number of hydrogen-bond donors (Lipinski definition) is 3. The van der Waals surface area contributed by atoms with E-state index in [-0.39, 0.29) is 23.7 Å². The second kappa shape index (κ2) is 4.57. The van der Waals surface area contributed by atoms with Crippen molar-refractivity contribution in [1.82, 2.24) is 15.1 Å². The molecule has 5 atom stereocenters. The van der Waals surface area contributed by atoms with E-state index >= 15 is 0 Å². The number of nitrogens with one attached hydrogen (secondary N) is 1. The van der Waals surface area contributed by atoms with Crippen molar-refractivity contribution in [2.45, 2.75) is 50.9 Å². The predicted octanol–water partition coefficient (Wildman–Crippen LogP) is 0.327. The summed E-state index contributed by atoms with van der Waals surface area (Å²) in [5, 5.41) is 27.3. The van der Waals surface area contributed by atoms with E-state index in [4.69, 9.17) is 0 Å². The molecule has 2 bridgehead atoms. The van der Waals surface area contributed by atoms with Gasteiger partial charge in [-0.1, -0.05) is 0 Å². The Hall–Kier alpha value is -1.40. The van der Waals surface area contributed by atoms with Crippen LogP contribution in [0.5, 0.6) is 0 Å². The predicted molar refractivity (Wildman–Crippen MR) is 81.6 cm³/mol. The van der Waals surface area contributed by atoms with Crippen molar-refractivity contribution in [1.29, 1.82) is 0 Å². The van der Waals surface area contributed by atoms with Crippen LogP contribution in [0.1, 0.15) is 41.9 Å². The van der Waals surface area contributed by atoms with E-state index in [1.165, 1.54) is 18.5 Å². The van der Waals surface area contributed by atoms with E-state index in [2.05, 4.69) is 10.4 Å². The van der Waals surface area contributed by atoms with Crippen LogP contribution in [-0.4, -0.2) is 44.7 Å². The Morgan fingerprint density at radius 2 is 2.17 bits per heavy atom. The molecule has 1 aliphatic heterocycles. The van der Waals surface area contributed by atoms with Crippen LogP contribution < -0.4 is 5.32 Å². The molecule has 23 heavy (non-hydrogen) atoms. The second-order valence-electron chi connectivity index (χ2n) is 8.20. The van der Waals surface area contributed by atoms with Crippen LogP contribution in [0, 0.1) is 23.2 Å². The highest BCUT2D eigenvalue weighted by atomic mass is 16.3. The number of carbonyl (C=O) groups excluding carboxylic acids is 1. The SMILES string of the molecule is O=C(NC[C@H]1C[C@@H]2C[C@H]1[C@@H](O)[C@H]2O)c1cc2n(n1)CC1(CC1)C2. The highest BCUT2D eigenvalue weighted by Crippen LogP contribution is 2.53. The van der Waals surface area contributed by atoms with Crippen LogP contribution in [0.2, 0.25) is 0 Å². The van der Waals surface area contributed by atoms with Crippen molar-refractivity contribution in [2.75, 3.05) is 6.54 Å². The average molecular weight is 317 g/mol. The first-order valence-electron chi connectivity index (χ1n) is 8.76. The van der Waals surface area contributed by atoms with E-state index in [0.717, 1.165) is 25.8 Å². The monoisotopic (exact) mass is 317 g/mol. The third kappa shape index (κ3) is 2.08. The Balaban J connectivity index is 1.20. The number of hydrogen-bond acceptors (Lipinski definition) is 4. The fourth-order valence-corrected chi connectivity index (χ4v) is 5.10. The molecule has 3 aliphatic carbocycles. The number of rotatable bonds is 3. The van der Waals surface area contributed by atoms with Gasteiger partial charge in [0.2, 0.25) is 0 Å². The number of aromatic nitrogens is 2. The topological polar surface area (TPSA) is 87.4 Å². The Kier molecular flexibility index (Phi) is 2.78. The summed E-state index contributed by atoms with van der Waals surface area (Å²) in [5.74, 6) is 0.473. The summed E-state index contributed by atoms with van der Waals surface area (Å²) >= 11 is 0. The van der Waals surface area contributed by atoms with Gasteiger partial charge in [0.05, 0.1) is 12.2 Å². The fourth-order valence-electron chi connectivity index (χ4n) is 5.10. The third-order valence-corrected chi connectivity index (χ3v) is 6.68. The van der Waals surface area contributed by atoms with E-state index in [1.54, 1.807) is 0 Å². The van der Waals surface area contributed by atoms with Crippen LogP contribution in [0.25, 0.3) is 0 Å². The standard InChI is InChI=1S/C17H23N3O3/c21-14-9-3-10(12(4-9)15(14)22)7-18-16(23)13-5-11-6-17(1-2-17)8-20(11)19-13/h5,9-10,12,14-15,21-22H,1-4,6-8H2,(H,18,23)/t9-,10-,12-,14+,15-/m1/s1. The van der Waals surface area contributed by atoms with Gasteiger partial charge in [-0.2, -0.15) is 5.10 Å². The molecule has 0 aromatic carbocycles. The Morgan fingerprint density at radius 1 is 1.35 bits per heavy atom. The average Bonchev–Trinajstić information content (AvgIpc) is 2.82. The minimum Gasteiger partial charge on any atom is -0.390 e. The van der Waals surface area contributed by atoms with E-state index < -0.39 is 12.2 Å². The molecule has 1 spiro atoms. The number of aliphatic hydroxyl groups is 2. The summed E-state index contributed by atoms with van der Waals surface area (Å²) in [6, 6.07) is 1.93. The van der Waals surface area contributed by atoms with Crippen LogP contribution in [0.15, 0.2) is 6.07 Å². The first kappa shape index (κ1) is 14.0. The second-order valence-corrected chi connectivity index (χ2v) is 8.20. The summed E-state index contributed by atoms with van der Waals surface area (Å²) < 4.78 is 2.00. The van der Waals surface area contributed by atoms with E-state index in [0.29, 0.717) is 17.7 Å². The molecule has 3 saturated carbocycles. The smallest absolute Gasteiger partial charge is 0.271 e. The van der Waals surface area contributed by atoms with Gasteiger partial charge < -0.3 is 15.5 Å². The molecule has 1 amide bonds. The van der Waals surface area contributed by atoms with Gasteiger partial charge in [-0.05, 0) is 61.3 Å². The highest BCUT2D eigenvalue weighted by molar-refractivity contribution is 5.92. The highest BCUT2D eigenvalue weighted by Gasteiger charge is 2.51. The van der Waals surface area contributed by atoms with Crippen molar-refractivity contribution in [3.05, 3.63) is 17.5 Å². The number of nitrogens with zero attached hydrogens (tertiary/aromatic N) is 2. The fraction of sp³-hybridized carbons (Fsp3) is 0.765. The van der Waals surface area contributed by atoms with Gasteiger partial charge in [-0.25, -0.2) is 0 Å². The zero-order chi connectivity index (χ0) is 15.8. The molecule has 1 aromatic rings. The van der Waals surface area contributed by atoms with Crippen molar-refractivity contribution in [3.8, 4) is 0 Å². The van der Waals surface area contributed by atoms with Gasteiger partial charge in [0, 0.05) is 18.8 Å². The number of fused-ring (bicyclic) bond motifs is 3. The Bertz CT molecular complexity index is 639. The minimum absolute atomic E-state index is 0.116. The molecule has 2 heterocycles. The maximum Gasteiger partial charge on any atom is 0.271 e. The van der Waals surface area contributed by atoms with Crippen LogP contribution in [-0.2, 0) is 13.0 Å². The maximum absolute atomic E-state index is 12.3. The third-order valence-electron chi connectivity index (χ3n) is 6.68.